The summed E-state index contributed by atoms with van der Waals surface area (Å²) in [6.45, 7) is 7.09. The number of carbonyl (C=O) groups is 1. The Morgan fingerprint density at radius 1 is 1.13 bits per heavy atom. The molecule has 1 fully saturated rings. The maximum atomic E-state index is 15.2. The molecule has 0 saturated carbocycles. The van der Waals surface area contributed by atoms with Gasteiger partial charge in [-0.1, -0.05) is 19.1 Å². The van der Waals surface area contributed by atoms with Crippen molar-refractivity contribution in [2.24, 2.45) is 0 Å². The zero-order chi connectivity index (χ0) is 27.1. The number of fused-ring (bicyclic) bond motifs is 1. The Labute approximate surface area is 222 Å². The maximum absolute atomic E-state index is 15.2. The van der Waals surface area contributed by atoms with Crippen molar-refractivity contribution in [2.75, 3.05) is 60.2 Å². The summed E-state index contributed by atoms with van der Waals surface area (Å²) >= 11 is 0. The minimum atomic E-state index is -0.649. The van der Waals surface area contributed by atoms with Crippen LogP contribution in [0.2, 0.25) is 0 Å². The van der Waals surface area contributed by atoms with Crippen molar-refractivity contribution >= 4 is 16.8 Å². The third-order valence-corrected chi connectivity index (χ3v) is 6.80. The van der Waals surface area contributed by atoms with Crippen molar-refractivity contribution < 1.29 is 23.4 Å². The van der Waals surface area contributed by atoms with E-state index >= 15 is 4.39 Å². The lowest BCUT2D eigenvalue weighted by atomic mass is 10.0. The summed E-state index contributed by atoms with van der Waals surface area (Å²) in [4.78, 5) is 30.9. The van der Waals surface area contributed by atoms with E-state index in [1.807, 2.05) is 6.92 Å². The SMILES string of the molecule is CCCOc1ccc(F)c2c(=O)c(-c3ccc(OC)cc3)cn(CC(=O)N(C)CCCN3CCOCC3)c12. The molecule has 0 unspecified atom stereocenters. The second-order valence-electron chi connectivity index (χ2n) is 9.47. The Morgan fingerprint density at radius 3 is 2.55 bits per heavy atom. The number of hydrogen-bond donors (Lipinski definition) is 0. The van der Waals surface area contributed by atoms with E-state index in [0.29, 0.717) is 35.8 Å². The highest BCUT2D eigenvalue weighted by atomic mass is 19.1. The van der Waals surface area contributed by atoms with Crippen LogP contribution in [-0.2, 0) is 16.1 Å². The predicted molar refractivity (Wildman–Crippen MR) is 145 cm³/mol. The quantitative estimate of drug-likeness (QED) is 0.379. The van der Waals surface area contributed by atoms with E-state index in [-0.39, 0.29) is 23.4 Å². The number of hydrogen-bond acceptors (Lipinski definition) is 6. The van der Waals surface area contributed by atoms with Gasteiger partial charge in [0.1, 0.15) is 23.9 Å². The summed E-state index contributed by atoms with van der Waals surface area (Å²) in [6.07, 6.45) is 3.21. The first-order chi connectivity index (χ1) is 18.4. The number of benzene rings is 2. The zero-order valence-electron chi connectivity index (χ0n) is 22.4. The number of amides is 1. The summed E-state index contributed by atoms with van der Waals surface area (Å²) in [6, 6.07) is 9.76. The van der Waals surface area contributed by atoms with Crippen LogP contribution < -0.4 is 14.9 Å². The van der Waals surface area contributed by atoms with Crippen LogP contribution in [0.4, 0.5) is 4.39 Å². The highest BCUT2D eigenvalue weighted by Crippen LogP contribution is 2.30. The fourth-order valence-electron chi connectivity index (χ4n) is 4.64. The molecule has 2 aromatic carbocycles. The van der Waals surface area contributed by atoms with E-state index < -0.39 is 11.2 Å². The van der Waals surface area contributed by atoms with Gasteiger partial charge in [0.15, 0.2) is 5.43 Å². The predicted octanol–water partition coefficient (Wildman–Crippen LogP) is 3.79. The lowest BCUT2D eigenvalue weighted by Gasteiger charge is -2.27. The van der Waals surface area contributed by atoms with Gasteiger partial charge in [-0.15, -0.1) is 0 Å². The topological polar surface area (TPSA) is 73.2 Å². The largest absolute Gasteiger partial charge is 0.497 e. The van der Waals surface area contributed by atoms with Crippen molar-refractivity contribution in [2.45, 2.75) is 26.3 Å². The summed E-state index contributed by atoms with van der Waals surface area (Å²) in [5, 5.41) is -0.0882. The van der Waals surface area contributed by atoms with Crippen LogP contribution in [-0.4, -0.2) is 80.4 Å². The fourth-order valence-corrected chi connectivity index (χ4v) is 4.64. The van der Waals surface area contributed by atoms with Crippen LogP contribution in [0.5, 0.6) is 11.5 Å². The number of methoxy groups -OCH3 is 1. The normalized spacial score (nSPS) is 14.0. The van der Waals surface area contributed by atoms with E-state index in [9.17, 15) is 9.59 Å². The average molecular weight is 526 g/mol. The van der Waals surface area contributed by atoms with Crippen molar-refractivity contribution in [1.82, 2.24) is 14.4 Å². The molecule has 8 nitrogen and oxygen atoms in total. The lowest BCUT2D eigenvalue weighted by molar-refractivity contribution is -0.130. The molecule has 4 rings (SSSR count). The highest BCUT2D eigenvalue weighted by Gasteiger charge is 2.21. The van der Waals surface area contributed by atoms with E-state index in [1.54, 1.807) is 54.1 Å². The van der Waals surface area contributed by atoms with Crippen LogP contribution in [0.15, 0.2) is 47.4 Å². The number of nitrogens with zero attached hydrogens (tertiary/aromatic N) is 3. The van der Waals surface area contributed by atoms with E-state index in [0.717, 1.165) is 45.7 Å². The Bertz CT molecular complexity index is 1300. The van der Waals surface area contributed by atoms with Gasteiger partial charge in [-0.25, -0.2) is 4.39 Å². The molecule has 3 aromatic rings. The number of pyridine rings is 1. The minimum absolute atomic E-state index is 0.0556. The van der Waals surface area contributed by atoms with Gasteiger partial charge in [0, 0.05) is 45.0 Å². The van der Waals surface area contributed by atoms with Crippen LogP contribution in [0.1, 0.15) is 19.8 Å². The molecule has 1 aliphatic rings. The molecule has 0 spiro atoms. The zero-order valence-corrected chi connectivity index (χ0v) is 22.4. The number of rotatable bonds is 11. The maximum Gasteiger partial charge on any atom is 0.242 e. The van der Waals surface area contributed by atoms with Crippen LogP contribution in [0.3, 0.4) is 0 Å². The van der Waals surface area contributed by atoms with E-state index in [1.165, 1.54) is 12.1 Å². The molecule has 0 aliphatic carbocycles. The molecule has 0 bridgehead atoms. The molecule has 204 valence electrons. The number of likely N-dealkylation sites (N-methyl/N-ethyl adjacent to an activating group) is 1. The molecule has 38 heavy (non-hydrogen) atoms. The minimum Gasteiger partial charge on any atom is -0.497 e. The second-order valence-corrected chi connectivity index (χ2v) is 9.47. The molecule has 9 heteroatoms. The van der Waals surface area contributed by atoms with Gasteiger partial charge < -0.3 is 23.7 Å². The smallest absolute Gasteiger partial charge is 0.242 e. The number of ether oxygens (including phenoxy) is 3. The number of aromatic nitrogens is 1. The lowest BCUT2D eigenvalue weighted by Crippen LogP contribution is -2.38. The Kier molecular flexibility index (Phi) is 9.36. The van der Waals surface area contributed by atoms with Gasteiger partial charge in [-0.3, -0.25) is 14.5 Å². The van der Waals surface area contributed by atoms with Gasteiger partial charge in [0.05, 0.1) is 37.8 Å². The number of halogens is 1. The molecular weight excluding hydrogens is 489 g/mol. The molecule has 2 heterocycles. The fraction of sp³-hybridized carbons (Fsp3) is 0.448. The molecule has 0 radical (unpaired) electrons. The molecule has 1 aromatic heterocycles. The first-order valence-corrected chi connectivity index (χ1v) is 13.1. The summed E-state index contributed by atoms with van der Waals surface area (Å²) in [5.74, 6) is 0.238. The first-order valence-electron chi connectivity index (χ1n) is 13.1. The van der Waals surface area contributed by atoms with Crippen LogP contribution in [0.25, 0.3) is 22.0 Å². The van der Waals surface area contributed by atoms with Crippen molar-refractivity contribution in [3.63, 3.8) is 0 Å². The molecule has 1 amide bonds. The summed E-state index contributed by atoms with van der Waals surface area (Å²) in [5.41, 5.74) is 0.745. The summed E-state index contributed by atoms with van der Waals surface area (Å²) < 4.78 is 33.3. The van der Waals surface area contributed by atoms with Gasteiger partial charge in [-0.2, -0.15) is 0 Å². The third kappa shape index (κ3) is 6.34. The van der Waals surface area contributed by atoms with Crippen molar-refractivity contribution in [3.05, 3.63) is 58.6 Å². The van der Waals surface area contributed by atoms with E-state index in [4.69, 9.17) is 14.2 Å². The van der Waals surface area contributed by atoms with Gasteiger partial charge in [0.25, 0.3) is 0 Å². The monoisotopic (exact) mass is 525 g/mol. The molecule has 1 saturated heterocycles. The van der Waals surface area contributed by atoms with Gasteiger partial charge >= 0.3 is 0 Å². The van der Waals surface area contributed by atoms with Crippen LogP contribution in [0, 0.1) is 5.82 Å². The highest BCUT2D eigenvalue weighted by molar-refractivity contribution is 5.90. The van der Waals surface area contributed by atoms with Gasteiger partial charge in [-0.05, 0) is 42.7 Å². The first kappa shape index (κ1) is 27.6. The Balaban J connectivity index is 1.67. The van der Waals surface area contributed by atoms with E-state index in [2.05, 4.69) is 4.90 Å². The second kappa shape index (κ2) is 12.9. The Hall–Kier alpha value is -3.43. The molecule has 0 N–H and O–H groups in total. The number of morpholine rings is 1. The Morgan fingerprint density at radius 2 is 1.87 bits per heavy atom. The average Bonchev–Trinajstić information content (AvgIpc) is 2.94. The number of carbonyl (C=O) groups excluding carboxylic acids is 1. The van der Waals surface area contributed by atoms with Crippen molar-refractivity contribution in [3.8, 4) is 22.6 Å². The molecule has 1 aliphatic heterocycles. The molecular formula is C29H36FN3O5. The van der Waals surface area contributed by atoms with Crippen LogP contribution >= 0.6 is 0 Å². The summed E-state index contributed by atoms with van der Waals surface area (Å²) in [7, 11) is 3.33. The standard InChI is InChI=1S/C29H36FN3O5/c1-4-16-38-25-11-10-24(30)27-28(25)33(19-23(29(27)35)21-6-8-22(36-3)9-7-21)20-26(34)31(2)12-5-13-32-14-17-37-18-15-32/h6-11,19H,4-5,12-18,20H2,1-3H3. The third-order valence-electron chi connectivity index (χ3n) is 6.80. The van der Waals surface area contributed by atoms with Crippen molar-refractivity contribution in [1.29, 1.82) is 0 Å². The molecule has 0 atom stereocenters. The van der Waals surface area contributed by atoms with Gasteiger partial charge in [0.2, 0.25) is 5.91 Å².